The van der Waals surface area contributed by atoms with E-state index in [4.69, 9.17) is 9.47 Å². The third-order valence-electron chi connectivity index (χ3n) is 3.72. The van der Waals surface area contributed by atoms with Crippen LogP contribution in [0.25, 0.3) is 0 Å². The standard InChI is InChI=1S/C20H23NO4/c1-5-24-18-10-8-15(12-14(18)4)19(22)21-17-9-7-16(11-13(17)3)20(23)25-6-2/h7-12H,5-6H2,1-4H3,(H,21,22). The van der Waals surface area contributed by atoms with Crippen molar-refractivity contribution in [1.29, 1.82) is 0 Å². The van der Waals surface area contributed by atoms with E-state index in [2.05, 4.69) is 5.32 Å². The van der Waals surface area contributed by atoms with Gasteiger partial charge in [0.05, 0.1) is 18.8 Å². The number of aryl methyl sites for hydroxylation is 2. The lowest BCUT2D eigenvalue weighted by Crippen LogP contribution is -2.14. The first-order chi connectivity index (χ1) is 12.0. The molecule has 2 aromatic carbocycles. The smallest absolute Gasteiger partial charge is 0.338 e. The molecule has 0 spiro atoms. The first-order valence-corrected chi connectivity index (χ1v) is 8.28. The summed E-state index contributed by atoms with van der Waals surface area (Å²) in [7, 11) is 0. The van der Waals surface area contributed by atoms with Gasteiger partial charge in [0.2, 0.25) is 0 Å². The largest absolute Gasteiger partial charge is 0.494 e. The summed E-state index contributed by atoms with van der Waals surface area (Å²) >= 11 is 0. The van der Waals surface area contributed by atoms with Crippen molar-refractivity contribution in [2.75, 3.05) is 18.5 Å². The Morgan fingerprint density at radius 1 is 0.920 bits per heavy atom. The van der Waals surface area contributed by atoms with Crippen LogP contribution in [-0.4, -0.2) is 25.1 Å². The maximum Gasteiger partial charge on any atom is 0.338 e. The normalized spacial score (nSPS) is 10.2. The fourth-order valence-electron chi connectivity index (χ4n) is 2.45. The predicted molar refractivity (Wildman–Crippen MR) is 97.4 cm³/mol. The molecular formula is C20H23NO4. The summed E-state index contributed by atoms with van der Waals surface area (Å²) in [4.78, 5) is 24.2. The van der Waals surface area contributed by atoms with Gasteiger partial charge in [-0.1, -0.05) is 0 Å². The molecule has 0 saturated heterocycles. The Bertz CT molecular complexity index is 783. The molecule has 0 heterocycles. The lowest BCUT2D eigenvalue weighted by molar-refractivity contribution is 0.0526. The quantitative estimate of drug-likeness (QED) is 0.802. The van der Waals surface area contributed by atoms with Crippen molar-refractivity contribution < 1.29 is 19.1 Å². The Kier molecular flexibility index (Phi) is 6.17. The second-order valence-electron chi connectivity index (χ2n) is 5.62. The van der Waals surface area contributed by atoms with Crippen LogP contribution in [0.4, 0.5) is 5.69 Å². The Hall–Kier alpha value is -2.82. The van der Waals surface area contributed by atoms with Crippen molar-refractivity contribution in [3.8, 4) is 5.75 Å². The predicted octanol–water partition coefficient (Wildman–Crippen LogP) is 4.13. The second-order valence-corrected chi connectivity index (χ2v) is 5.62. The van der Waals surface area contributed by atoms with Gasteiger partial charge in [-0.05, 0) is 75.2 Å². The van der Waals surface area contributed by atoms with E-state index in [1.54, 1.807) is 43.3 Å². The number of carbonyl (C=O) groups excluding carboxylic acids is 2. The minimum absolute atomic E-state index is 0.210. The van der Waals surface area contributed by atoms with Gasteiger partial charge in [0.15, 0.2) is 0 Å². The summed E-state index contributed by atoms with van der Waals surface area (Å²) in [6.07, 6.45) is 0. The molecule has 5 nitrogen and oxygen atoms in total. The Labute approximate surface area is 148 Å². The van der Waals surface area contributed by atoms with Gasteiger partial charge in [-0.3, -0.25) is 4.79 Å². The molecule has 2 rings (SSSR count). The summed E-state index contributed by atoms with van der Waals surface area (Å²) in [5.74, 6) is 0.192. The van der Waals surface area contributed by atoms with Gasteiger partial charge in [0, 0.05) is 11.3 Å². The van der Waals surface area contributed by atoms with E-state index in [-0.39, 0.29) is 11.9 Å². The zero-order valence-corrected chi connectivity index (χ0v) is 15.0. The highest BCUT2D eigenvalue weighted by Crippen LogP contribution is 2.22. The van der Waals surface area contributed by atoms with Gasteiger partial charge in [-0.25, -0.2) is 4.79 Å². The molecular weight excluding hydrogens is 318 g/mol. The van der Waals surface area contributed by atoms with Gasteiger partial charge < -0.3 is 14.8 Å². The summed E-state index contributed by atoms with van der Waals surface area (Å²) in [6, 6.07) is 10.4. The highest BCUT2D eigenvalue weighted by Gasteiger charge is 2.12. The number of nitrogens with one attached hydrogen (secondary N) is 1. The third-order valence-corrected chi connectivity index (χ3v) is 3.72. The molecule has 0 aromatic heterocycles. The van der Waals surface area contributed by atoms with E-state index >= 15 is 0 Å². The van der Waals surface area contributed by atoms with E-state index in [1.165, 1.54) is 0 Å². The average Bonchev–Trinajstić information content (AvgIpc) is 2.58. The fraction of sp³-hybridized carbons (Fsp3) is 0.300. The van der Waals surface area contributed by atoms with Crippen LogP contribution in [0, 0.1) is 13.8 Å². The minimum Gasteiger partial charge on any atom is -0.494 e. The number of hydrogen-bond donors (Lipinski definition) is 1. The Balaban J connectivity index is 2.15. The number of ether oxygens (including phenoxy) is 2. The summed E-state index contributed by atoms with van der Waals surface area (Å²) < 4.78 is 10.5. The highest BCUT2D eigenvalue weighted by atomic mass is 16.5. The van der Waals surface area contributed by atoms with Gasteiger partial charge in [0.25, 0.3) is 5.91 Å². The summed E-state index contributed by atoms with van der Waals surface area (Å²) in [5.41, 5.74) is 3.37. The fourth-order valence-corrected chi connectivity index (χ4v) is 2.45. The molecule has 2 aromatic rings. The minimum atomic E-state index is -0.370. The number of amides is 1. The number of rotatable bonds is 6. The number of carbonyl (C=O) groups is 2. The van der Waals surface area contributed by atoms with Crippen molar-refractivity contribution in [2.45, 2.75) is 27.7 Å². The highest BCUT2D eigenvalue weighted by molar-refractivity contribution is 6.05. The van der Waals surface area contributed by atoms with Gasteiger partial charge in [-0.2, -0.15) is 0 Å². The lowest BCUT2D eigenvalue weighted by atomic mass is 10.1. The van der Waals surface area contributed by atoms with Crippen LogP contribution in [0.3, 0.4) is 0 Å². The molecule has 0 aliphatic heterocycles. The van der Waals surface area contributed by atoms with Crippen LogP contribution >= 0.6 is 0 Å². The lowest BCUT2D eigenvalue weighted by Gasteiger charge is -2.12. The molecule has 132 valence electrons. The zero-order valence-electron chi connectivity index (χ0n) is 15.0. The van der Waals surface area contributed by atoms with Gasteiger partial charge in [0.1, 0.15) is 5.75 Å². The SMILES string of the molecule is CCOC(=O)c1ccc(NC(=O)c2ccc(OCC)c(C)c2)c(C)c1. The number of esters is 1. The van der Waals surface area contributed by atoms with Crippen molar-refractivity contribution in [3.05, 3.63) is 58.7 Å². The first-order valence-electron chi connectivity index (χ1n) is 8.28. The van der Waals surface area contributed by atoms with Gasteiger partial charge in [-0.15, -0.1) is 0 Å². The Morgan fingerprint density at radius 2 is 1.60 bits per heavy atom. The molecule has 0 aliphatic rings. The average molecular weight is 341 g/mol. The van der Waals surface area contributed by atoms with Crippen LogP contribution < -0.4 is 10.1 Å². The monoisotopic (exact) mass is 341 g/mol. The molecule has 0 fully saturated rings. The van der Waals surface area contributed by atoms with E-state index < -0.39 is 0 Å². The topological polar surface area (TPSA) is 64.6 Å². The van der Waals surface area contributed by atoms with Crippen LogP contribution in [0.5, 0.6) is 5.75 Å². The van der Waals surface area contributed by atoms with Crippen molar-refractivity contribution in [1.82, 2.24) is 0 Å². The third kappa shape index (κ3) is 4.59. The number of hydrogen-bond acceptors (Lipinski definition) is 4. The molecule has 0 radical (unpaired) electrons. The molecule has 0 atom stereocenters. The summed E-state index contributed by atoms with van der Waals surface area (Å²) in [5, 5.41) is 2.87. The number of anilines is 1. The van der Waals surface area contributed by atoms with E-state index in [0.717, 1.165) is 16.9 Å². The molecule has 25 heavy (non-hydrogen) atoms. The van der Waals surface area contributed by atoms with Crippen molar-refractivity contribution in [2.24, 2.45) is 0 Å². The van der Waals surface area contributed by atoms with Crippen molar-refractivity contribution in [3.63, 3.8) is 0 Å². The first kappa shape index (κ1) is 18.5. The van der Waals surface area contributed by atoms with E-state index in [0.29, 0.717) is 30.0 Å². The van der Waals surface area contributed by atoms with Crippen LogP contribution in [0.1, 0.15) is 45.7 Å². The van der Waals surface area contributed by atoms with Gasteiger partial charge >= 0.3 is 5.97 Å². The van der Waals surface area contributed by atoms with Crippen LogP contribution in [0.15, 0.2) is 36.4 Å². The maximum absolute atomic E-state index is 12.5. The number of benzene rings is 2. The van der Waals surface area contributed by atoms with Crippen molar-refractivity contribution >= 4 is 17.6 Å². The Morgan fingerprint density at radius 3 is 2.20 bits per heavy atom. The maximum atomic E-state index is 12.5. The van der Waals surface area contributed by atoms with Crippen LogP contribution in [-0.2, 0) is 4.74 Å². The molecule has 0 bridgehead atoms. The molecule has 0 aliphatic carbocycles. The molecule has 1 N–H and O–H groups in total. The van der Waals surface area contributed by atoms with Crippen LogP contribution in [0.2, 0.25) is 0 Å². The van der Waals surface area contributed by atoms with E-state index in [9.17, 15) is 9.59 Å². The summed E-state index contributed by atoms with van der Waals surface area (Å²) in [6.45, 7) is 8.33. The molecule has 0 unspecified atom stereocenters. The molecule has 1 amide bonds. The second kappa shape index (κ2) is 8.33. The molecule has 5 heteroatoms. The molecule has 0 saturated carbocycles. The zero-order chi connectivity index (χ0) is 18.4. The van der Waals surface area contributed by atoms with E-state index in [1.807, 2.05) is 20.8 Å².